The van der Waals surface area contributed by atoms with E-state index < -0.39 is 12.8 Å². The van der Waals surface area contributed by atoms with E-state index in [4.69, 9.17) is 5.11 Å². The lowest BCUT2D eigenvalue weighted by Crippen LogP contribution is -2.37. The Balaban J connectivity index is 1.97. The summed E-state index contributed by atoms with van der Waals surface area (Å²) in [4.78, 5) is 20.8. The number of hydrogen-bond donors (Lipinski definition) is 2. The molecule has 1 aliphatic heterocycles. The quantitative estimate of drug-likeness (QED) is 0.869. The topological polar surface area (TPSA) is 78.3 Å². The van der Waals surface area contributed by atoms with Crippen molar-refractivity contribution in [3.8, 4) is 0 Å². The molecule has 0 saturated carbocycles. The van der Waals surface area contributed by atoms with Crippen molar-refractivity contribution in [3.05, 3.63) is 18.1 Å². The van der Waals surface area contributed by atoms with Gasteiger partial charge in [0.2, 0.25) is 0 Å². The van der Waals surface area contributed by atoms with Crippen molar-refractivity contribution in [2.24, 2.45) is 0 Å². The summed E-state index contributed by atoms with van der Waals surface area (Å²) in [6.07, 6.45) is 2.21. The maximum absolute atomic E-state index is 12.1. The Labute approximate surface area is 110 Å². The van der Waals surface area contributed by atoms with Gasteiger partial charge in [-0.2, -0.15) is 0 Å². The molecule has 2 rings (SSSR count). The number of likely N-dealkylation sites (tertiary alicyclic amines) is 1. The molecule has 104 valence electrons. The van der Waals surface area contributed by atoms with E-state index in [1.165, 1.54) is 4.90 Å². The van der Waals surface area contributed by atoms with Gasteiger partial charge in [0.25, 0.3) is 0 Å². The average Bonchev–Trinajstić information content (AvgIpc) is 2.45. The van der Waals surface area contributed by atoms with Gasteiger partial charge in [-0.1, -0.05) is 0 Å². The Morgan fingerprint density at radius 2 is 2.26 bits per heavy atom. The lowest BCUT2D eigenvalue weighted by Gasteiger charge is -2.29. The van der Waals surface area contributed by atoms with Crippen LogP contribution in [0.15, 0.2) is 12.3 Å². The number of nitrogens with zero attached hydrogens (tertiary/aromatic N) is 3. The van der Waals surface area contributed by atoms with Crippen LogP contribution < -0.4 is 5.32 Å². The van der Waals surface area contributed by atoms with Gasteiger partial charge in [-0.05, 0) is 18.9 Å². The molecule has 0 bridgehead atoms. The Bertz CT molecular complexity index is 435. The third-order valence-corrected chi connectivity index (χ3v) is 3.21. The third-order valence-electron chi connectivity index (χ3n) is 3.21. The van der Waals surface area contributed by atoms with Gasteiger partial charge in [0, 0.05) is 31.7 Å². The summed E-state index contributed by atoms with van der Waals surface area (Å²) in [5, 5.41) is 11.8. The molecule has 1 aromatic heterocycles. The first kappa shape index (κ1) is 13.5. The first-order chi connectivity index (χ1) is 9.20. The molecule has 0 radical (unpaired) electrons. The molecule has 1 amide bonds. The van der Waals surface area contributed by atoms with Crippen molar-refractivity contribution in [2.45, 2.75) is 18.8 Å². The third kappa shape index (κ3) is 3.52. The molecule has 0 atom stereocenters. The molecule has 2 N–H and O–H groups in total. The minimum absolute atomic E-state index is 0.169. The van der Waals surface area contributed by atoms with Crippen molar-refractivity contribution >= 4 is 11.9 Å². The highest BCUT2D eigenvalue weighted by Crippen LogP contribution is 2.25. The largest absolute Gasteiger partial charge is 0.465 e. The zero-order chi connectivity index (χ0) is 13.7. The number of alkyl halides is 1. The second-order valence-corrected chi connectivity index (χ2v) is 4.46. The number of nitrogens with one attached hydrogen (secondary N) is 1. The van der Waals surface area contributed by atoms with Crippen LogP contribution >= 0.6 is 0 Å². The molecule has 0 aliphatic carbocycles. The van der Waals surface area contributed by atoms with Crippen LogP contribution in [0.1, 0.15) is 24.6 Å². The standard InChI is InChI=1S/C12H17FN4O2/c13-4-6-14-10-1-5-15-11(16-10)9-2-7-17(8-3-9)12(18)19/h1,5,9H,2-4,6-8H2,(H,18,19)(H,14,15,16). The summed E-state index contributed by atoms with van der Waals surface area (Å²) in [6.45, 7) is 0.793. The molecular formula is C12H17FN4O2. The monoisotopic (exact) mass is 268 g/mol. The van der Waals surface area contributed by atoms with Crippen LogP contribution in [0.4, 0.5) is 15.0 Å². The zero-order valence-electron chi connectivity index (χ0n) is 10.5. The van der Waals surface area contributed by atoms with Crippen LogP contribution in [0.2, 0.25) is 0 Å². The highest BCUT2D eigenvalue weighted by molar-refractivity contribution is 5.65. The van der Waals surface area contributed by atoms with E-state index in [0.29, 0.717) is 24.7 Å². The van der Waals surface area contributed by atoms with Crippen molar-refractivity contribution in [1.82, 2.24) is 14.9 Å². The Hall–Kier alpha value is -1.92. The van der Waals surface area contributed by atoms with Gasteiger partial charge in [0.1, 0.15) is 18.3 Å². The number of rotatable bonds is 4. The van der Waals surface area contributed by atoms with Gasteiger partial charge in [0.05, 0.1) is 0 Å². The molecule has 6 nitrogen and oxygen atoms in total. The lowest BCUT2D eigenvalue weighted by molar-refractivity contribution is 0.131. The van der Waals surface area contributed by atoms with Crippen molar-refractivity contribution in [2.75, 3.05) is 31.6 Å². The van der Waals surface area contributed by atoms with Gasteiger partial charge in [-0.3, -0.25) is 0 Å². The zero-order valence-corrected chi connectivity index (χ0v) is 10.5. The fourth-order valence-electron chi connectivity index (χ4n) is 2.17. The number of halogens is 1. The van der Waals surface area contributed by atoms with Gasteiger partial charge in [0.15, 0.2) is 0 Å². The highest BCUT2D eigenvalue weighted by atomic mass is 19.1. The van der Waals surface area contributed by atoms with Crippen molar-refractivity contribution < 1.29 is 14.3 Å². The SMILES string of the molecule is O=C(O)N1CCC(c2nccc(NCCF)n2)CC1. The van der Waals surface area contributed by atoms with Gasteiger partial charge in [-0.25, -0.2) is 19.2 Å². The van der Waals surface area contributed by atoms with E-state index in [1.54, 1.807) is 12.3 Å². The van der Waals surface area contributed by atoms with Crippen molar-refractivity contribution in [3.63, 3.8) is 0 Å². The Morgan fingerprint density at radius 3 is 2.89 bits per heavy atom. The van der Waals surface area contributed by atoms with Crippen molar-refractivity contribution in [1.29, 1.82) is 0 Å². The fraction of sp³-hybridized carbons (Fsp3) is 0.583. The maximum Gasteiger partial charge on any atom is 0.407 e. The Kier molecular flexibility index (Phi) is 4.48. The number of anilines is 1. The molecule has 1 aliphatic rings. The number of carboxylic acid groups (broad SMARTS) is 1. The Morgan fingerprint density at radius 1 is 1.53 bits per heavy atom. The molecule has 0 unspecified atom stereocenters. The fourth-order valence-corrected chi connectivity index (χ4v) is 2.17. The molecule has 1 fully saturated rings. The number of carbonyl (C=O) groups is 1. The molecule has 0 spiro atoms. The second kappa shape index (κ2) is 6.31. The number of aromatic nitrogens is 2. The summed E-state index contributed by atoms with van der Waals surface area (Å²) in [7, 11) is 0. The molecule has 0 aromatic carbocycles. The van der Waals surface area contributed by atoms with E-state index in [2.05, 4.69) is 15.3 Å². The van der Waals surface area contributed by atoms with E-state index in [0.717, 1.165) is 12.8 Å². The number of hydrogen-bond acceptors (Lipinski definition) is 4. The normalized spacial score (nSPS) is 16.4. The van der Waals surface area contributed by atoms with Gasteiger partial charge >= 0.3 is 6.09 Å². The first-order valence-corrected chi connectivity index (χ1v) is 6.31. The van der Waals surface area contributed by atoms with E-state index >= 15 is 0 Å². The summed E-state index contributed by atoms with van der Waals surface area (Å²) in [5.74, 6) is 1.49. The maximum atomic E-state index is 12.1. The molecule has 1 saturated heterocycles. The predicted octanol–water partition coefficient (Wildman–Crippen LogP) is 1.72. The predicted molar refractivity (Wildman–Crippen MR) is 68.1 cm³/mol. The number of piperidine rings is 1. The summed E-state index contributed by atoms with van der Waals surface area (Å²) >= 11 is 0. The van der Waals surface area contributed by atoms with E-state index in [-0.39, 0.29) is 12.5 Å². The second-order valence-electron chi connectivity index (χ2n) is 4.46. The first-order valence-electron chi connectivity index (χ1n) is 6.31. The molecule has 1 aromatic rings. The van der Waals surface area contributed by atoms with Gasteiger partial charge in [-0.15, -0.1) is 0 Å². The highest BCUT2D eigenvalue weighted by Gasteiger charge is 2.25. The van der Waals surface area contributed by atoms with Gasteiger partial charge < -0.3 is 15.3 Å². The molecule has 2 heterocycles. The van der Waals surface area contributed by atoms with Crippen LogP contribution in [0.3, 0.4) is 0 Å². The summed E-state index contributed by atoms with van der Waals surface area (Å²) in [5.41, 5.74) is 0. The number of amides is 1. The summed E-state index contributed by atoms with van der Waals surface area (Å²) < 4.78 is 12.1. The average molecular weight is 268 g/mol. The minimum atomic E-state index is -0.877. The molecule has 7 heteroatoms. The minimum Gasteiger partial charge on any atom is -0.465 e. The molecular weight excluding hydrogens is 251 g/mol. The van der Waals surface area contributed by atoms with Crippen LogP contribution in [0.5, 0.6) is 0 Å². The van der Waals surface area contributed by atoms with Crippen LogP contribution in [0.25, 0.3) is 0 Å². The van der Waals surface area contributed by atoms with E-state index in [1.807, 2.05) is 0 Å². The lowest BCUT2D eigenvalue weighted by atomic mass is 9.96. The van der Waals surface area contributed by atoms with Crippen LogP contribution in [-0.2, 0) is 0 Å². The van der Waals surface area contributed by atoms with Crippen LogP contribution in [-0.4, -0.2) is 52.4 Å². The summed E-state index contributed by atoms with van der Waals surface area (Å²) in [6, 6.07) is 1.70. The molecule has 19 heavy (non-hydrogen) atoms. The van der Waals surface area contributed by atoms with E-state index in [9.17, 15) is 9.18 Å². The van der Waals surface area contributed by atoms with Crippen LogP contribution in [0, 0.1) is 0 Å². The smallest absolute Gasteiger partial charge is 0.407 e.